The van der Waals surface area contributed by atoms with E-state index in [0.29, 0.717) is 0 Å². The highest BCUT2D eigenvalue weighted by atomic mass is 32.2. The topological polar surface area (TPSA) is 34.1 Å². The van der Waals surface area contributed by atoms with Crippen LogP contribution in [-0.2, 0) is 21.0 Å². The Morgan fingerprint density at radius 3 is 2.16 bits per heavy atom. The molecule has 2 unspecified atom stereocenters. The zero-order valence-corrected chi connectivity index (χ0v) is 13.3. The lowest BCUT2D eigenvalue weighted by Gasteiger charge is -2.19. The predicted octanol–water partition coefficient (Wildman–Crippen LogP) is 3.71. The van der Waals surface area contributed by atoms with Crippen molar-refractivity contribution in [3.8, 4) is 0 Å². The van der Waals surface area contributed by atoms with Gasteiger partial charge in [0.05, 0.1) is 16.6 Å². The number of hydrogen-bond acceptors (Lipinski definition) is 2. The monoisotopic (exact) mass is 280 g/mol. The van der Waals surface area contributed by atoms with Gasteiger partial charge in [-0.05, 0) is 29.5 Å². The fraction of sp³-hybridized carbons (Fsp3) is 0.562. The number of carbonyl (C=O) groups is 1. The molecule has 0 N–H and O–H groups in total. The summed E-state index contributed by atoms with van der Waals surface area (Å²) in [5.74, 6) is 0.211. The highest BCUT2D eigenvalue weighted by Gasteiger charge is 2.17. The third-order valence-corrected chi connectivity index (χ3v) is 4.76. The summed E-state index contributed by atoms with van der Waals surface area (Å²) in [5.41, 5.74) is 1.30. The molecule has 3 heteroatoms. The summed E-state index contributed by atoms with van der Waals surface area (Å²) in [6.45, 7) is 10.3. The molecule has 0 amide bonds. The van der Waals surface area contributed by atoms with Crippen LogP contribution in [0.25, 0.3) is 0 Å². The molecule has 1 aromatic carbocycles. The van der Waals surface area contributed by atoms with Crippen LogP contribution in [0, 0.1) is 5.92 Å². The van der Waals surface area contributed by atoms with Gasteiger partial charge in [-0.2, -0.15) is 0 Å². The molecule has 0 heterocycles. The number of hydrogen-bond donors (Lipinski definition) is 0. The molecule has 0 fully saturated rings. The van der Waals surface area contributed by atoms with Crippen molar-refractivity contribution in [2.24, 2.45) is 5.92 Å². The molecule has 19 heavy (non-hydrogen) atoms. The molecule has 0 aliphatic carbocycles. The number of rotatable bonds is 5. The standard InChI is InChI=1S/C16H24O2S/c1-6-12(2)15(17)11-19(18)14-9-7-13(8-10-14)16(3,4)5/h7-10,12H,6,11H2,1-5H3. The molecule has 2 nitrogen and oxygen atoms in total. The molecule has 0 spiro atoms. The molecule has 0 aliphatic heterocycles. The molecule has 1 rings (SSSR count). The van der Waals surface area contributed by atoms with Crippen molar-refractivity contribution in [1.29, 1.82) is 0 Å². The van der Waals surface area contributed by atoms with Gasteiger partial charge in [-0.15, -0.1) is 0 Å². The summed E-state index contributed by atoms with van der Waals surface area (Å²) < 4.78 is 12.1. The first-order valence-electron chi connectivity index (χ1n) is 6.77. The molecule has 0 radical (unpaired) electrons. The second kappa shape index (κ2) is 6.47. The van der Waals surface area contributed by atoms with Crippen molar-refractivity contribution in [3.05, 3.63) is 29.8 Å². The molecule has 2 atom stereocenters. The van der Waals surface area contributed by atoms with Crippen LogP contribution in [0.1, 0.15) is 46.6 Å². The number of benzene rings is 1. The Bertz CT molecular complexity index is 455. The zero-order valence-electron chi connectivity index (χ0n) is 12.5. The van der Waals surface area contributed by atoms with Gasteiger partial charge in [0, 0.05) is 10.8 Å². The van der Waals surface area contributed by atoms with Crippen molar-refractivity contribution in [3.63, 3.8) is 0 Å². The second-order valence-electron chi connectivity index (χ2n) is 6.04. The highest BCUT2D eigenvalue weighted by Crippen LogP contribution is 2.23. The highest BCUT2D eigenvalue weighted by molar-refractivity contribution is 7.85. The Balaban J connectivity index is 2.76. The van der Waals surface area contributed by atoms with E-state index < -0.39 is 10.8 Å². The van der Waals surface area contributed by atoms with Gasteiger partial charge in [0.25, 0.3) is 0 Å². The smallest absolute Gasteiger partial charge is 0.148 e. The van der Waals surface area contributed by atoms with Crippen molar-refractivity contribution < 1.29 is 9.00 Å². The second-order valence-corrected chi connectivity index (χ2v) is 7.49. The molecular formula is C16H24O2S. The van der Waals surface area contributed by atoms with E-state index in [9.17, 15) is 9.00 Å². The van der Waals surface area contributed by atoms with Gasteiger partial charge in [0.15, 0.2) is 0 Å². The summed E-state index contributed by atoms with van der Waals surface area (Å²) >= 11 is 0. The first kappa shape index (κ1) is 16.1. The van der Waals surface area contributed by atoms with Gasteiger partial charge < -0.3 is 0 Å². The van der Waals surface area contributed by atoms with Crippen LogP contribution in [0.3, 0.4) is 0 Å². The number of Topliss-reactive ketones (excluding diaryl/α,β-unsaturated/α-hetero) is 1. The lowest BCUT2D eigenvalue weighted by atomic mass is 9.87. The number of carbonyl (C=O) groups excluding carboxylic acids is 1. The molecule has 0 aromatic heterocycles. The third-order valence-electron chi connectivity index (χ3n) is 3.42. The van der Waals surface area contributed by atoms with Crippen LogP contribution < -0.4 is 0 Å². The average molecular weight is 280 g/mol. The average Bonchev–Trinajstić information content (AvgIpc) is 2.36. The quantitative estimate of drug-likeness (QED) is 0.824. The van der Waals surface area contributed by atoms with E-state index in [4.69, 9.17) is 0 Å². The van der Waals surface area contributed by atoms with E-state index in [2.05, 4.69) is 20.8 Å². The molecule has 106 valence electrons. The molecule has 0 saturated carbocycles. The summed E-state index contributed by atoms with van der Waals surface area (Å²) in [6.07, 6.45) is 0.805. The van der Waals surface area contributed by atoms with Crippen molar-refractivity contribution >= 4 is 16.6 Å². The van der Waals surface area contributed by atoms with E-state index >= 15 is 0 Å². The van der Waals surface area contributed by atoms with E-state index in [1.807, 2.05) is 38.1 Å². The minimum Gasteiger partial charge on any atom is -0.298 e. The van der Waals surface area contributed by atoms with Gasteiger partial charge in [-0.25, -0.2) is 0 Å². The van der Waals surface area contributed by atoms with Gasteiger partial charge in [-0.1, -0.05) is 46.8 Å². The van der Waals surface area contributed by atoms with E-state index in [1.165, 1.54) is 5.56 Å². The van der Waals surface area contributed by atoms with Crippen molar-refractivity contribution in [2.45, 2.75) is 51.3 Å². The zero-order chi connectivity index (χ0) is 14.6. The summed E-state index contributed by atoms with van der Waals surface area (Å²) in [7, 11) is -1.22. The fourth-order valence-electron chi connectivity index (χ4n) is 1.69. The Morgan fingerprint density at radius 2 is 1.74 bits per heavy atom. The molecular weight excluding hydrogens is 256 g/mol. The van der Waals surface area contributed by atoms with Crippen LogP contribution in [0.15, 0.2) is 29.2 Å². The Kier molecular flexibility index (Phi) is 5.48. The summed E-state index contributed by atoms with van der Waals surface area (Å²) in [4.78, 5) is 12.5. The third kappa shape index (κ3) is 4.57. The van der Waals surface area contributed by atoms with Crippen LogP contribution in [0.5, 0.6) is 0 Å². The van der Waals surface area contributed by atoms with E-state index in [0.717, 1.165) is 11.3 Å². The van der Waals surface area contributed by atoms with Crippen LogP contribution in [0.4, 0.5) is 0 Å². The van der Waals surface area contributed by atoms with Crippen LogP contribution >= 0.6 is 0 Å². The number of ketones is 1. The van der Waals surface area contributed by atoms with Gasteiger partial charge in [0.2, 0.25) is 0 Å². The van der Waals surface area contributed by atoms with Gasteiger partial charge >= 0.3 is 0 Å². The van der Waals surface area contributed by atoms with Crippen molar-refractivity contribution in [2.75, 3.05) is 5.75 Å². The Hall–Kier alpha value is -0.960. The SMILES string of the molecule is CCC(C)C(=O)CS(=O)c1ccc(C(C)(C)C)cc1. The maximum Gasteiger partial charge on any atom is 0.148 e. The van der Waals surface area contributed by atoms with Crippen LogP contribution in [0.2, 0.25) is 0 Å². The Morgan fingerprint density at radius 1 is 1.21 bits per heavy atom. The minimum absolute atomic E-state index is 0.00204. The lowest BCUT2D eigenvalue weighted by molar-refractivity contribution is -0.119. The largest absolute Gasteiger partial charge is 0.298 e. The normalized spacial score (nSPS) is 15.0. The first-order chi connectivity index (χ1) is 8.75. The molecule has 0 saturated heterocycles. The van der Waals surface area contributed by atoms with E-state index in [-0.39, 0.29) is 22.9 Å². The molecule has 0 bridgehead atoms. The predicted molar refractivity (Wildman–Crippen MR) is 80.9 cm³/mol. The van der Waals surface area contributed by atoms with Crippen LogP contribution in [-0.4, -0.2) is 15.7 Å². The lowest BCUT2D eigenvalue weighted by Crippen LogP contribution is -2.18. The Labute approximate surface area is 119 Å². The van der Waals surface area contributed by atoms with Gasteiger partial charge in [0.1, 0.15) is 5.78 Å². The minimum atomic E-state index is -1.22. The van der Waals surface area contributed by atoms with Gasteiger partial charge in [-0.3, -0.25) is 9.00 Å². The molecule has 0 aliphatic rings. The molecule has 1 aromatic rings. The maximum absolute atomic E-state index is 12.1. The fourth-order valence-corrected chi connectivity index (χ4v) is 2.84. The van der Waals surface area contributed by atoms with Crippen molar-refractivity contribution in [1.82, 2.24) is 0 Å². The van der Waals surface area contributed by atoms with E-state index in [1.54, 1.807) is 0 Å². The summed E-state index contributed by atoms with van der Waals surface area (Å²) in [5, 5.41) is 0. The first-order valence-corrected chi connectivity index (χ1v) is 8.09. The maximum atomic E-state index is 12.1. The summed E-state index contributed by atoms with van der Waals surface area (Å²) in [6, 6.07) is 7.75.